The van der Waals surface area contributed by atoms with Crippen LogP contribution in [-0.4, -0.2) is 25.6 Å². The van der Waals surface area contributed by atoms with E-state index in [-0.39, 0.29) is 11.1 Å². The van der Waals surface area contributed by atoms with Crippen molar-refractivity contribution < 1.29 is 13.2 Å². The highest BCUT2D eigenvalue weighted by Crippen LogP contribution is 2.36. The van der Waals surface area contributed by atoms with Gasteiger partial charge in [-0.05, 0) is 26.0 Å². The summed E-state index contributed by atoms with van der Waals surface area (Å²) in [6, 6.07) is 8.34. The smallest absolute Gasteiger partial charge is 0.273 e. The number of benzene rings is 1. The Hall–Kier alpha value is -3.95. The lowest BCUT2D eigenvalue weighted by Gasteiger charge is -2.19. The predicted octanol–water partition coefficient (Wildman–Crippen LogP) is 4.40. The molecule has 0 amide bonds. The molecule has 0 saturated carbocycles. The van der Waals surface area contributed by atoms with Crippen molar-refractivity contribution in [3.63, 3.8) is 0 Å². The monoisotopic (exact) mass is 494 g/mol. The van der Waals surface area contributed by atoms with Gasteiger partial charge in [-0.25, -0.2) is 23.1 Å². The van der Waals surface area contributed by atoms with Crippen LogP contribution in [0.5, 0.6) is 0 Å². The highest BCUT2D eigenvalue weighted by Gasteiger charge is 2.30. The van der Waals surface area contributed by atoms with Crippen molar-refractivity contribution in [3.05, 3.63) is 81.2 Å². The van der Waals surface area contributed by atoms with Crippen LogP contribution in [0.4, 0.5) is 19.0 Å². The minimum absolute atomic E-state index is 0.0622. The lowest BCUT2D eigenvalue weighted by atomic mass is 10.0. The second kappa shape index (κ2) is 8.61. The number of nitrogens with one attached hydrogen (secondary N) is 1. The van der Waals surface area contributed by atoms with Crippen molar-refractivity contribution >= 4 is 5.82 Å². The first-order chi connectivity index (χ1) is 17.0. The summed E-state index contributed by atoms with van der Waals surface area (Å²) < 4.78 is 46.4. The number of aryl methyl sites for hydroxylation is 2. The molecule has 5 rings (SSSR count). The third kappa shape index (κ3) is 4.06. The van der Waals surface area contributed by atoms with Crippen LogP contribution in [0.3, 0.4) is 0 Å². The lowest BCUT2D eigenvalue weighted by molar-refractivity contribution is 0.0135. The average Bonchev–Trinajstić information content (AvgIpc) is 3.30. The van der Waals surface area contributed by atoms with E-state index in [2.05, 4.69) is 20.3 Å². The Labute approximate surface area is 205 Å². The minimum Gasteiger partial charge on any atom is -0.369 e. The zero-order valence-electron chi connectivity index (χ0n) is 20.3. The van der Waals surface area contributed by atoms with Crippen LogP contribution in [0.1, 0.15) is 36.8 Å². The van der Waals surface area contributed by atoms with Gasteiger partial charge in [0.1, 0.15) is 23.3 Å². The van der Waals surface area contributed by atoms with Crippen LogP contribution < -0.4 is 16.4 Å². The first-order valence-corrected chi connectivity index (χ1v) is 11.6. The van der Waals surface area contributed by atoms with E-state index < -0.39 is 23.3 Å². The summed E-state index contributed by atoms with van der Waals surface area (Å²) in [5.41, 5.74) is 1.91. The molecule has 1 unspecified atom stereocenters. The molecule has 3 aliphatic rings. The maximum absolute atomic E-state index is 15.0. The molecule has 3 aliphatic heterocycles. The summed E-state index contributed by atoms with van der Waals surface area (Å²) in [4.78, 5) is 25.8. The fourth-order valence-corrected chi connectivity index (χ4v) is 4.58. The molecule has 36 heavy (non-hydrogen) atoms. The van der Waals surface area contributed by atoms with Gasteiger partial charge in [0.2, 0.25) is 5.56 Å². The summed E-state index contributed by atoms with van der Waals surface area (Å²) in [6.45, 7) is 5.44. The maximum Gasteiger partial charge on any atom is 0.273 e. The van der Waals surface area contributed by atoms with E-state index >= 15 is 4.39 Å². The molecule has 4 heterocycles. The Morgan fingerprint density at radius 2 is 1.94 bits per heavy atom. The summed E-state index contributed by atoms with van der Waals surface area (Å²) in [5.74, 6) is -2.27. The fourth-order valence-electron chi connectivity index (χ4n) is 4.58. The number of aromatic nitrogens is 4. The van der Waals surface area contributed by atoms with Crippen molar-refractivity contribution in [2.45, 2.75) is 39.3 Å². The number of hydrogen-bond donors (Lipinski definition) is 1. The van der Waals surface area contributed by atoms with Crippen molar-refractivity contribution in [2.24, 2.45) is 12.0 Å². The van der Waals surface area contributed by atoms with Crippen LogP contribution in [0.15, 0.2) is 52.4 Å². The molecule has 0 aliphatic carbocycles. The normalized spacial score (nSPS) is 14.7. The summed E-state index contributed by atoms with van der Waals surface area (Å²) in [5, 5.41) is 3.39. The average molecular weight is 495 g/mol. The second-order valence-electron chi connectivity index (χ2n) is 9.09. The number of rotatable bonds is 4. The highest BCUT2D eigenvalue weighted by molar-refractivity contribution is 5.81. The zero-order valence-corrected chi connectivity index (χ0v) is 20.3. The largest absolute Gasteiger partial charge is 0.369 e. The second-order valence-corrected chi connectivity index (χ2v) is 9.09. The van der Waals surface area contributed by atoms with Crippen LogP contribution in [0.2, 0.25) is 0 Å². The molecule has 2 aromatic rings. The third-order valence-electron chi connectivity index (χ3n) is 6.38. The number of nitrogens with zero attached hydrogens (tertiary/aromatic N) is 5. The molecule has 1 aromatic carbocycles. The van der Waals surface area contributed by atoms with E-state index in [0.29, 0.717) is 42.7 Å². The molecule has 1 atom stereocenters. The minimum atomic E-state index is -3.31. The molecule has 186 valence electrons. The molecule has 0 radical (unpaired) electrons. The number of anilines is 1. The van der Waals surface area contributed by atoms with Crippen molar-refractivity contribution in [1.29, 1.82) is 0 Å². The standard InChI is InChI=1S/C26H25F3N6O/c1-14(17-6-5-7-20(22(17)27)26(3,28)29)31-23-19-12-18(16-8-9-21(36)34(4)13-16)24-30-10-11-35(24)25(19)33-15(2)32-23/h5-9,12-14,30H,10-11H2,1-4H3. The first kappa shape index (κ1) is 23.8. The molecule has 10 heteroatoms. The van der Waals surface area contributed by atoms with Gasteiger partial charge in [-0.15, -0.1) is 0 Å². The molecule has 1 N–H and O–H groups in total. The highest BCUT2D eigenvalue weighted by atomic mass is 19.3. The summed E-state index contributed by atoms with van der Waals surface area (Å²) in [6.07, 6.45) is 1.75. The van der Waals surface area contributed by atoms with Crippen molar-refractivity contribution in [1.82, 2.24) is 19.1 Å². The third-order valence-corrected chi connectivity index (χ3v) is 6.38. The van der Waals surface area contributed by atoms with Crippen LogP contribution >= 0.6 is 0 Å². The molecule has 0 bridgehead atoms. The zero-order chi connectivity index (χ0) is 25.8. The van der Waals surface area contributed by atoms with E-state index in [4.69, 9.17) is 0 Å². The number of fused-ring (bicyclic) bond motifs is 3. The molecule has 0 saturated heterocycles. The van der Waals surface area contributed by atoms with Crippen molar-refractivity contribution in [3.8, 4) is 22.5 Å². The van der Waals surface area contributed by atoms with Gasteiger partial charge >= 0.3 is 0 Å². The quantitative estimate of drug-likeness (QED) is 0.457. The molecule has 0 fully saturated rings. The first-order valence-electron chi connectivity index (χ1n) is 11.6. The SMILES string of the molecule is Cc1nc2n3c(c(-c4ccc(=O)n(C)c4)cc-2c(=NC(C)c2cccc(C(C)(F)F)c2F)n1)NCC3. The van der Waals surface area contributed by atoms with Gasteiger partial charge in [0.05, 0.1) is 17.2 Å². The van der Waals surface area contributed by atoms with Gasteiger partial charge in [0.25, 0.3) is 5.92 Å². The predicted molar refractivity (Wildman–Crippen MR) is 130 cm³/mol. The van der Waals surface area contributed by atoms with Gasteiger partial charge in [-0.2, -0.15) is 0 Å². The Morgan fingerprint density at radius 1 is 1.17 bits per heavy atom. The molecular weight excluding hydrogens is 469 g/mol. The van der Waals surface area contributed by atoms with E-state index in [1.165, 1.54) is 22.8 Å². The van der Waals surface area contributed by atoms with Crippen LogP contribution in [0, 0.1) is 12.7 Å². The van der Waals surface area contributed by atoms with E-state index in [1.807, 2.05) is 10.6 Å². The topological polar surface area (TPSA) is 77.1 Å². The van der Waals surface area contributed by atoms with Gasteiger partial charge in [0, 0.05) is 56.0 Å². The van der Waals surface area contributed by atoms with E-state index in [9.17, 15) is 13.6 Å². The van der Waals surface area contributed by atoms with Crippen LogP contribution in [0.25, 0.3) is 22.5 Å². The Kier molecular flexibility index (Phi) is 5.69. The number of alkyl halides is 2. The molecule has 1 aromatic heterocycles. The van der Waals surface area contributed by atoms with Gasteiger partial charge < -0.3 is 14.5 Å². The molecular formula is C26H25F3N6O. The van der Waals surface area contributed by atoms with E-state index in [0.717, 1.165) is 23.0 Å². The number of hydrogen-bond acceptors (Lipinski definition) is 5. The lowest BCUT2D eigenvalue weighted by Crippen LogP contribution is -2.21. The van der Waals surface area contributed by atoms with Gasteiger partial charge in [-0.1, -0.05) is 18.2 Å². The number of halogens is 3. The van der Waals surface area contributed by atoms with E-state index in [1.54, 1.807) is 33.2 Å². The van der Waals surface area contributed by atoms with Crippen LogP contribution in [-0.2, 0) is 19.5 Å². The van der Waals surface area contributed by atoms with Crippen molar-refractivity contribution in [2.75, 3.05) is 11.9 Å². The Balaban J connectivity index is 1.73. The summed E-state index contributed by atoms with van der Waals surface area (Å²) >= 11 is 0. The maximum atomic E-state index is 15.0. The van der Waals surface area contributed by atoms with Gasteiger partial charge in [-0.3, -0.25) is 9.79 Å². The molecule has 7 nitrogen and oxygen atoms in total. The Bertz CT molecular complexity index is 1580. The molecule has 0 spiro atoms. The Morgan fingerprint density at radius 3 is 2.67 bits per heavy atom. The van der Waals surface area contributed by atoms with Gasteiger partial charge in [0.15, 0.2) is 5.49 Å². The summed E-state index contributed by atoms with van der Waals surface area (Å²) in [7, 11) is 1.69. The number of pyridine rings is 2. The fraction of sp³-hybridized carbons (Fsp3) is 0.308.